The van der Waals surface area contributed by atoms with Crippen LogP contribution < -0.4 is 5.32 Å². The Bertz CT molecular complexity index is 714. The molecule has 2 aliphatic rings. The summed E-state index contributed by atoms with van der Waals surface area (Å²) in [6.45, 7) is 2.99. The second-order valence-corrected chi connectivity index (χ2v) is 7.27. The number of piperidine rings is 1. The van der Waals surface area contributed by atoms with Crippen molar-refractivity contribution in [2.24, 2.45) is 5.41 Å². The van der Waals surface area contributed by atoms with Crippen LogP contribution in [0.2, 0.25) is 0 Å². The lowest BCUT2D eigenvalue weighted by Gasteiger charge is -2.37. The molecule has 0 spiro atoms. The second kappa shape index (κ2) is 7.45. The maximum Gasteiger partial charge on any atom is 0.311 e. The molecule has 1 aromatic carbocycles. The lowest BCUT2D eigenvalue weighted by Crippen LogP contribution is -2.48. The number of amides is 2. The lowest BCUT2D eigenvalue weighted by atomic mass is 9.82. The summed E-state index contributed by atoms with van der Waals surface area (Å²) < 4.78 is 5.36. The van der Waals surface area contributed by atoms with E-state index in [2.05, 4.69) is 5.32 Å². The molecule has 0 bridgehead atoms. The van der Waals surface area contributed by atoms with E-state index in [1.807, 2.05) is 0 Å². The van der Waals surface area contributed by atoms with E-state index in [1.54, 1.807) is 36.1 Å². The SMILES string of the molecule is CC1(C(=O)O)CCCN(C(=O)c2cccc(NC(=O)C3CCCO3)c2)C1. The van der Waals surface area contributed by atoms with Crippen molar-refractivity contribution in [2.45, 2.75) is 38.7 Å². The van der Waals surface area contributed by atoms with Gasteiger partial charge in [0.2, 0.25) is 0 Å². The van der Waals surface area contributed by atoms with Gasteiger partial charge in [0.05, 0.1) is 5.41 Å². The highest BCUT2D eigenvalue weighted by Crippen LogP contribution is 2.30. The van der Waals surface area contributed by atoms with Crippen LogP contribution in [0.5, 0.6) is 0 Å². The number of benzene rings is 1. The van der Waals surface area contributed by atoms with Gasteiger partial charge in [0, 0.05) is 30.9 Å². The number of aliphatic carboxylic acids is 1. The summed E-state index contributed by atoms with van der Waals surface area (Å²) in [6, 6.07) is 6.73. The molecule has 2 aliphatic heterocycles. The van der Waals surface area contributed by atoms with E-state index in [9.17, 15) is 19.5 Å². The van der Waals surface area contributed by atoms with Crippen molar-refractivity contribution in [3.05, 3.63) is 29.8 Å². The van der Waals surface area contributed by atoms with E-state index in [4.69, 9.17) is 4.74 Å². The third-order valence-corrected chi connectivity index (χ3v) is 5.10. The van der Waals surface area contributed by atoms with Crippen LogP contribution in [0.4, 0.5) is 5.69 Å². The van der Waals surface area contributed by atoms with Crippen LogP contribution in [0, 0.1) is 5.41 Å². The Labute approximate surface area is 152 Å². The van der Waals surface area contributed by atoms with Crippen LogP contribution in [-0.2, 0) is 14.3 Å². The summed E-state index contributed by atoms with van der Waals surface area (Å²) >= 11 is 0. The number of likely N-dealkylation sites (tertiary alicyclic amines) is 1. The molecule has 2 N–H and O–H groups in total. The molecular weight excluding hydrogens is 336 g/mol. The van der Waals surface area contributed by atoms with E-state index < -0.39 is 17.5 Å². The molecule has 7 heteroatoms. The molecule has 7 nitrogen and oxygen atoms in total. The lowest BCUT2D eigenvalue weighted by molar-refractivity contribution is -0.150. The summed E-state index contributed by atoms with van der Waals surface area (Å²) in [4.78, 5) is 38.0. The van der Waals surface area contributed by atoms with Crippen molar-refractivity contribution in [1.29, 1.82) is 0 Å². The first-order chi connectivity index (χ1) is 12.4. The molecule has 0 aliphatic carbocycles. The van der Waals surface area contributed by atoms with Crippen molar-refractivity contribution in [3.63, 3.8) is 0 Å². The smallest absolute Gasteiger partial charge is 0.311 e. The minimum absolute atomic E-state index is 0.188. The van der Waals surface area contributed by atoms with E-state index in [-0.39, 0.29) is 18.4 Å². The fraction of sp³-hybridized carbons (Fsp3) is 0.526. The van der Waals surface area contributed by atoms with Crippen molar-refractivity contribution < 1.29 is 24.2 Å². The van der Waals surface area contributed by atoms with Crippen molar-refractivity contribution >= 4 is 23.5 Å². The third kappa shape index (κ3) is 3.88. The van der Waals surface area contributed by atoms with Crippen LogP contribution in [0.1, 0.15) is 43.0 Å². The van der Waals surface area contributed by atoms with Gasteiger partial charge in [-0.05, 0) is 50.8 Å². The molecule has 0 aromatic heterocycles. The summed E-state index contributed by atoms with van der Waals surface area (Å²) in [6.07, 6.45) is 2.35. The van der Waals surface area contributed by atoms with Gasteiger partial charge in [0.25, 0.3) is 11.8 Å². The largest absolute Gasteiger partial charge is 0.481 e. The van der Waals surface area contributed by atoms with Gasteiger partial charge in [-0.25, -0.2) is 0 Å². The fourth-order valence-electron chi connectivity index (χ4n) is 3.51. The molecule has 1 aromatic rings. The summed E-state index contributed by atoms with van der Waals surface area (Å²) in [5.74, 6) is -1.30. The van der Waals surface area contributed by atoms with Gasteiger partial charge >= 0.3 is 5.97 Å². The number of carboxylic acid groups (broad SMARTS) is 1. The maximum atomic E-state index is 12.8. The Kier molecular flexibility index (Phi) is 5.27. The zero-order valence-corrected chi connectivity index (χ0v) is 14.9. The number of carboxylic acids is 1. The number of nitrogens with zero attached hydrogens (tertiary/aromatic N) is 1. The van der Waals surface area contributed by atoms with Gasteiger partial charge in [-0.3, -0.25) is 14.4 Å². The monoisotopic (exact) mass is 360 g/mol. The Hall–Kier alpha value is -2.41. The van der Waals surface area contributed by atoms with Crippen molar-refractivity contribution in [2.75, 3.05) is 25.0 Å². The minimum atomic E-state index is -0.917. The first-order valence-corrected chi connectivity index (χ1v) is 8.94. The number of carbonyl (C=O) groups is 3. The van der Waals surface area contributed by atoms with E-state index >= 15 is 0 Å². The Balaban J connectivity index is 1.70. The van der Waals surface area contributed by atoms with Crippen molar-refractivity contribution in [3.8, 4) is 0 Å². The standard InChI is InChI=1S/C19H24N2O5/c1-19(18(24)25)8-4-9-21(12-19)17(23)13-5-2-6-14(11-13)20-16(22)15-7-3-10-26-15/h2,5-6,11,15H,3-4,7-10,12H2,1H3,(H,20,22)(H,24,25). The highest BCUT2D eigenvalue weighted by atomic mass is 16.5. The first-order valence-electron chi connectivity index (χ1n) is 8.94. The zero-order valence-electron chi connectivity index (χ0n) is 14.9. The quantitative estimate of drug-likeness (QED) is 0.857. The molecule has 140 valence electrons. The van der Waals surface area contributed by atoms with Crippen LogP contribution in [0.25, 0.3) is 0 Å². The third-order valence-electron chi connectivity index (χ3n) is 5.10. The molecule has 0 radical (unpaired) electrons. The molecular formula is C19H24N2O5. The second-order valence-electron chi connectivity index (χ2n) is 7.27. The normalized spacial score (nSPS) is 25.7. The van der Waals surface area contributed by atoms with Gasteiger partial charge < -0.3 is 20.1 Å². The highest BCUT2D eigenvalue weighted by molar-refractivity contribution is 5.98. The average Bonchev–Trinajstić information content (AvgIpc) is 3.16. The van der Waals surface area contributed by atoms with Gasteiger partial charge in [0.1, 0.15) is 6.10 Å². The van der Waals surface area contributed by atoms with Crippen LogP contribution in [0.15, 0.2) is 24.3 Å². The molecule has 3 rings (SSSR count). The molecule has 26 heavy (non-hydrogen) atoms. The highest BCUT2D eigenvalue weighted by Gasteiger charge is 2.39. The Morgan fingerprint density at radius 1 is 1.31 bits per heavy atom. The number of hydrogen-bond donors (Lipinski definition) is 2. The van der Waals surface area contributed by atoms with E-state index in [0.717, 1.165) is 6.42 Å². The molecule has 2 fully saturated rings. The molecule has 2 heterocycles. The molecule has 2 atom stereocenters. The number of ether oxygens (including phenoxy) is 1. The summed E-state index contributed by atoms with van der Waals surface area (Å²) in [7, 11) is 0. The Morgan fingerprint density at radius 2 is 2.12 bits per heavy atom. The molecule has 2 unspecified atom stereocenters. The number of nitrogens with one attached hydrogen (secondary N) is 1. The zero-order chi connectivity index (χ0) is 18.7. The molecule has 2 amide bonds. The number of anilines is 1. The molecule has 0 saturated carbocycles. The number of hydrogen-bond acceptors (Lipinski definition) is 4. The fourth-order valence-corrected chi connectivity index (χ4v) is 3.51. The topological polar surface area (TPSA) is 95.9 Å². The number of rotatable bonds is 4. The predicted molar refractivity (Wildman–Crippen MR) is 94.9 cm³/mol. The van der Waals surface area contributed by atoms with Gasteiger partial charge in [0.15, 0.2) is 0 Å². The first kappa shape index (κ1) is 18.4. The van der Waals surface area contributed by atoms with Crippen LogP contribution in [0.3, 0.4) is 0 Å². The molecule has 2 saturated heterocycles. The van der Waals surface area contributed by atoms with Crippen molar-refractivity contribution in [1.82, 2.24) is 4.90 Å². The average molecular weight is 360 g/mol. The maximum absolute atomic E-state index is 12.8. The summed E-state index contributed by atoms with van der Waals surface area (Å²) in [5, 5.41) is 12.2. The van der Waals surface area contributed by atoms with Gasteiger partial charge in [-0.15, -0.1) is 0 Å². The summed E-state index contributed by atoms with van der Waals surface area (Å²) in [5.41, 5.74) is 0.0543. The number of carbonyl (C=O) groups excluding carboxylic acids is 2. The van der Waals surface area contributed by atoms with Crippen LogP contribution >= 0.6 is 0 Å². The predicted octanol–water partition coefficient (Wildman–Crippen LogP) is 2.13. The van der Waals surface area contributed by atoms with Gasteiger partial charge in [-0.2, -0.15) is 0 Å². The van der Waals surface area contributed by atoms with E-state index in [0.29, 0.717) is 43.7 Å². The minimum Gasteiger partial charge on any atom is -0.481 e. The van der Waals surface area contributed by atoms with Crippen LogP contribution in [-0.4, -0.2) is 53.6 Å². The Morgan fingerprint density at radius 3 is 2.81 bits per heavy atom. The van der Waals surface area contributed by atoms with E-state index in [1.165, 1.54) is 0 Å². The van der Waals surface area contributed by atoms with Gasteiger partial charge in [-0.1, -0.05) is 6.07 Å².